The van der Waals surface area contributed by atoms with Gasteiger partial charge in [0.2, 0.25) is 20.0 Å². The monoisotopic (exact) mass is 758 g/mol. The van der Waals surface area contributed by atoms with Gasteiger partial charge < -0.3 is 19.3 Å². The first-order chi connectivity index (χ1) is 25.5. The first kappa shape index (κ1) is 40.0. The van der Waals surface area contributed by atoms with Gasteiger partial charge in [-0.2, -0.15) is 0 Å². The van der Waals surface area contributed by atoms with Crippen LogP contribution in [0.5, 0.6) is 0 Å². The highest BCUT2D eigenvalue weighted by molar-refractivity contribution is 7.90. The number of sulfonamides is 2. The minimum absolute atomic E-state index is 0.00175. The van der Waals surface area contributed by atoms with E-state index in [0.29, 0.717) is 0 Å². The molecule has 0 fully saturated rings. The van der Waals surface area contributed by atoms with Crippen molar-refractivity contribution in [3.63, 3.8) is 0 Å². The van der Waals surface area contributed by atoms with E-state index in [4.69, 9.17) is 14.2 Å². The molecule has 5 aromatic carbocycles. The highest BCUT2D eigenvalue weighted by Crippen LogP contribution is 2.22. The molecule has 0 saturated carbocycles. The third-order valence-electron chi connectivity index (χ3n) is 8.53. The Morgan fingerprint density at radius 1 is 0.547 bits per heavy atom. The number of aliphatic hydroxyl groups excluding tert-OH is 1. The molecule has 0 heterocycles. The fraction of sp³-hybridized carbons (Fsp3) is 0.268. The lowest BCUT2D eigenvalue weighted by atomic mass is 10.0. The number of ether oxygens (including phenoxy) is 3. The third kappa shape index (κ3) is 12.1. The molecule has 0 aliphatic rings. The maximum atomic E-state index is 14.0. The van der Waals surface area contributed by atoms with Gasteiger partial charge in [-0.3, -0.25) is 0 Å². The van der Waals surface area contributed by atoms with Crippen LogP contribution in [-0.4, -0.2) is 59.4 Å². The van der Waals surface area contributed by atoms with E-state index in [1.165, 1.54) is 24.3 Å². The number of aryl methyl sites for hydroxylation is 2. The lowest BCUT2D eigenvalue weighted by Crippen LogP contribution is -2.58. The molecule has 0 saturated heterocycles. The maximum Gasteiger partial charge on any atom is 0.240 e. The fourth-order valence-corrected chi connectivity index (χ4v) is 7.88. The first-order valence-corrected chi connectivity index (χ1v) is 20.2. The Balaban J connectivity index is 1.52. The predicted octanol–water partition coefficient (Wildman–Crippen LogP) is 5.68. The van der Waals surface area contributed by atoms with Crippen molar-refractivity contribution >= 4 is 20.0 Å². The van der Waals surface area contributed by atoms with Crippen molar-refractivity contribution in [2.24, 2.45) is 0 Å². The fourth-order valence-electron chi connectivity index (χ4n) is 5.57. The molecule has 0 unspecified atom stereocenters. The SMILES string of the molecule is Cc1ccc(S(=O)(=O)NC[C@H](NS(=O)(=O)c2ccc(C)cc2)[C@@H](OCc2ccccc2)[C@@H](OCc2ccccc2)[C@H](O)COCc2ccccc2)cc1. The van der Waals surface area contributed by atoms with Crippen molar-refractivity contribution < 1.29 is 36.2 Å². The van der Waals surface area contributed by atoms with Crippen LogP contribution in [0.1, 0.15) is 27.8 Å². The average molecular weight is 759 g/mol. The van der Waals surface area contributed by atoms with Crippen LogP contribution in [0, 0.1) is 13.8 Å². The second-order valence-corrected chi connectivity index (χ2v) is 16.3. The average Bonchev–Trinajstić information content (AvgIpc) is 3.16. The maximum absolute atomic E-state index is 14.0. The third-order valence-corrected chi connectivity index (χ3v) is 11.5. The zero-order chi connectivity index (χ0) is 37.7. The summed E-state index contributed by atoms with van der Waals surface area (Å²) in [6, 6.07) is 39.3. The van der Waals surface area contributed by atoms with Gasteiger partial charge in [0.15, 0.2) is 0 Å². The van der Waals surface area contributed by atoms with Gasteiger partial charge in [-0.1, -0.05) is 126 Å². The van der Waals surface area contributed by atoms with Crippen molar-refractivity contribution in [3.8, 4) is 0 Å². The van der Waals surface area contributed by atoms with Gasteiger partial charge >= 0.3 is 0 Å². The van der Waals surface area contributed by atoms with Gasteiger partial charge in [0.05, 0.1) is 42.3 Å². The minimum Gasteiger partial charge on any atom is -0.388 e. The standard InChI is InChI=1S/C41H46N2O8S2/c1-31-18-22-36(23-19-31)52(45,46)42-26-38(43-53(47,48)37-24-20-32(2)21-25-37)40(50-28-34-14-8-4-9-15-34)41(51-29-35-16-10-5-11-17-35)39(44)30-49-27-33-12-6-3-7-13-33/h3-25,38-44H,26-30H2,1-2H3/t38-,39+,40+,41-/m0/s1. The largest absolute Gasteiger partial charge is 0.388 e. The Hall–Kier alpha value is -4.24. The van der Waals surface area contributed by atoms with E-state index in [-0.39, 0.29) is 36.2 Å². The number of benzene rings is 5. The van der Waals surface area contributed by atoms with Gasteiger partial charge in [-0.05, 0) is 54.8 Å². The Morgan fingerprint density at radius 3 is 1.43 bits per heavy atom. The van der Waals surface area contributed by atoms with E-state index in [9.17, 15) is 21.9 Å². The van der Waals surface area contributed by atoms with Gasteiger partial charge in [0.1, 0.15) is 18.3 Å². The van der Waals surface area contributed by atoms with Crippen LogP contribution in [0.25, 0.3) is 0 Å². The second-order valence-electron chi connectivity index (χ2n) is 12.8. The Bertz CT molecular complexity index is 2050. The van der Waals surface area contributed by atoms with Gasteiger partial charge in [0.25, 0.3) is 0 Å². The number of hydrogen-bond acceptors (Lipinski definition) is 8. The summed E-state index contributed by atoms with van der Waals surface area (Å²) >= 11 is 0. The highest BCUT2D eigenvalue weighted by Gasteiger charge is 2.39. The summed E-state index contributed by atoms with van der Waals surface area (Å²) in [6.07, 6.45) is -3.78. The highest BCUT2D eigenvalue weighted by atomic mass is 32.2. The summed E-state index contributed by atoms with van der Waals surface area (Å²) in [5.41, 5.74) is 4.21. The first-order valence-electron chi connectivity index (χ1n) is 17.3. The molecule has 0 aliphatic heterocycles. The second kappa shape index (κ2) is 19.2. The molecule has 0 amide bonds. The number of nitrogens with one attached hydrogen (secondary N) is 2. The molecule has 280 valence electrons. The van der Waals surface area contributed by atoms with Crippen molar-refractivity contribution in [1.82, 2.24) is 9.44 Å². The van der Waals surface area contributed by atoms with Crippen molar-refractivity contribution in [3.05, 3.63) is 167 Å². The summed E-state index contributed by atoms with van der Waals surface area (Å²) in [7, 11) is -8.37. The van der Waals surface area contributed by atoms with Crippen LogP contribution >= 0.6 is 0 Å². The topological polar surface area (TPSA) is 140 Å². The molecule has 5 aromatic rings. The van der Waals surface area contributed by atoms with Gasteiger partial charge in [-0.15, -0.1) is 0 Å². The molecule has 53 heavy (non-hydrogen) atoms. The van der Waals surface area contributed by atoms with E-state index >= 15 is 0 Å². The number of aliphatic hydroxyl groups is 1. The number of rotatable bonds is 20. The molecule has 5 rings (SSSR count). The molecule has 0 aliphatic carbocycles. The zero-order valence-electron chi connectivity index (χ0n) is 29.7. The smallest absolute Gasteiger partial charge is 0.240 e. The molecule has 0 radical (unpaired) electrons. The normalized spacial score (nSPS) is 14.3. The molecule has 12 heteroatoms. The molecule has 3 N–H and O–H groups in total. The van der Waals surface area contributed by atoms with Crippen LogP contribution < -0.4 is 9.44 Å². The molecule has 0 aromatic heterocycles. The Kier molecular flexibility index (Phi) is 14.5. The summed E-state index contributed by atoms with van der Waals surface area (Å²) in [5.74, 6) is 0. The van der Waals surface area contributed by atoms with Crippen LogP contribution in [0.3, 0.4) is 0 Å². The molecule has 4 atom stereocenters. The lowest BCUT2D eigenvalue weighted by Gasteiger charge is -2.36. The van der Waals surface area contributed by atoms with E-state index in [1.807, 2.05) is 105 Å². The predicted molar refractivity (Wildman–Crippen MR) is 204 cm³/mol. The van der Waals surface area contributed by atoms with Crippen molar-refractivity contribution in [2.45, 2.75) is 67.8 Å². The van der Waals surface area contributed by atoms with Gasteiger partial charge in [-0.25, -0.2) is 26.3 Å². The van der Waals surface area contributed by atoms with E-state index < -0.39 is 50.9 Å². The quantitative estimate of drug-likeness (QED) is 0.0922. The van der Waals surface area contributed by atoms with Crippen molar-refractivity contribution in [2.75, 3.05) is 13.2 Å². The molecule has 0 bridgehead atoms. The summed E-state index contributed by atoms with van der Waals surface area (Å²) in [4.78, 5) is -0.0129. The van der Waals surface area contributed by atoms with Crippen LogP contribution in [-0.2, 0) is 54.1 Å². The Labute approximate surface area is 312 Å². The summed E-state index contributed by atoms with van der Waals surface area (Å²) in [5, 5.41) is 11.8. The summed E-state index contributed by atoms with van der Waals surface area (Å²) < 4.78 is 79.3. The molecule has 0 spiro atoms. The number of hydrogen-bond donors (Lipinski definition) is 3. The van der Waals surface area contributed by atoms with E-state index in [2.05, 4.69) is 9.44 Å². The molecule has 10 nitrogen and oxygen atoms in total. The summed E-state index contributed by atoms with van der Waals surface area (Å²) in [6.45, 7) is 3.31. The van der Waals surface area contributed by atoms with Crippen molar-refractivity contribution in [1.29, 1.82) is 0 Å². The minimum atomic E-state index is -4.25. The van der Waals surface area contributed by atoms with Gasteiger partial charge in [0, 0.05) is 6.54 Å². The van der Waals surface area contributed by atoms with Crippen LogP contribution in [0.15, 0.2) is 149 Å². The van der Waals surface area contributed by atoms with E-state index in [1.54, 1.807) is 24.3 Å². The van der Waals surface area contributed by atoms with Crippen LogP contribution in [0.2, 0.25) is 0 Å². The zero-order valence-corrected chi connectivity index (χ0v) is 31.4. The molecular weight excluding hydrogens is 713 g/mol. The molecular formula is C41H46N2O8S2. The van der Waals surface area contributed by atoms with E-state index in [0.717, 1.165) is 27.8 Å². The Morgan fingerprint density at radius 2 is 0.962 bits per heavy atom. The lowest BCUT2D eigenvalue weighted by molar-refractivity contribution is -0.154. The van der Waals surface area contributed by atoms with Crippen LogP contribution in [0.4, 0.5) is 0 Å².